The summed E-state index contributed by atoms with van der Waals surface area (Å²) in [7, 11) is -4.05. The van der Waals surface area contributed by atoms with E-state index < -0.39 is 27.3 Å². The first-order valence-corrected chi connectivity index (χ1v) is 7.36. The van der Waals surface area contributed by atoms with Crippen molar-refractivity contribution < 1.29 is 23.4 Å². The van der Waals surface area contributed by atoms with Gasteiger partial charge in [-0.2, -0.15) is 0 Å². The minimum Gasteiger partial charge on any atom is -0.507 e. The molecular formula is C12H9ClN2O5S. The molecule has 1 heterocycles. The number of pyridine rings is 1. The van der Waals surface area contributed by atoms with Gasteiger partial charge in [-0.15, -0.1) is 0 Å². The van der Waals surface area contributed by atoms with Crippen LogP contribution in [0.15, 0.2) is 41.6 Å². The van der Waals surface area contributed by atoms with Crippen molar-refractivity contribution >= 4 is 33.3 Å². The Balaban J connectivity index is 2.43. The first-order chi connectivity index (χ1) is 9.81. The van der Waals surface area contributed by atoms with Crippen LogP contribution in [-0.2, 0) is 10.0 Å². The zero-order valence-corrected chi connectivity index (χ0v) is 11.9. The Morgan fingerprint density at radius 3 is 2.62 bits per heavy atom. The minimum atomic E-state index is -4.05. The number of nitrogens with zero attached hydrogens (tertiary/aromatic N) is 1. The Morgan fingerprint density at radius 1 is 1.29 bits per heavy atom. The van der Waals surface area contributed by atoms with E-state index >= 15 is 0 Å². The van der Waals surface area contributed by atoms with Crippen molar-refractivity contribution in [2.24, 2.45) is 0 Å². The van der Waals surface area contributed by atoms with Crippen LogP contribution < -0.4 is 4.72 Å². The van der Waals surface area contributed by atoms with Gasteiger partial charge >= 0.3 is 5.97 Å². The van der Waals surface area contributed by atoms with Crippen LogP contribution in [0.5, 0.6) is 5.75 Å². The Kier molecular flexibility index (Phi) is 4.01. The molecule has 7 nitrogen and oxygen atoms in total. The lowest BCUT2D eigenvalue weighted by Crippen LogP contribution is -2.14. The average Bonchev–Trinajstić information content (AvgIpc) is 2.41. The molecule has 0 amide bonds. The molecule has 1 aromatic carbocycles. The lowest BCUT2D eigenvalue weighted by Gasteiger charge is -2.10. The van der Waals surface area contributed by atoms with Crippen LogP contribution in [-0.4, -0.2) is 29.6 Å². The van der Waals surface area contributed by atoms with Crippen molar-refractivity contribution in [1.82, 2.24) is 4.98 Å². The van der Waals surface area contributed by atoms with E-state index in [4.69, 9.17) is 16.7 Å². The number of aromatic hydroxyl groups is 1. The van der Waals surface area contributed by atoms with Gasteiger partial charge in [0.2, 0.25) is 0 Å². The molecule has 0 fully saturated rings. The topological polar surface area (TPSA) is 117 Å². The average molecular weight is 329 g/mol. The fourth-order valence-electron chi connectivity index (χ4n) is 1.52. The fourth-order valence-corrected chi connectivity index (χ4v) is 2.84. The summed E-state index contributed by atoms with van der Waals surface area (Å²) in [5.41, 5.74) is -0.407. The van der Waals surface area contributed by atoms with E-state index in [1.54, 1.807) is 0 Å². The van der Waals surface area contributed by atoms with E-state index in [1.807, 2.05) is 0 Å². The lowest BCUT2D eigenvalue weighted by molar-refractivity contribution is 0.0693. The molecule has 2 aromatic rings. The maximum atomic E-state index is 12.2. The van der Waals surface area contributed by atoms with Crippen molar-refractivity contribution in [2.75, 3.05) is 4.72 Å². The molecule has 0 unspecified atom stereocenters. The standard InChI is InChI=1S/C12H9ClN2O5S/c13-9-6-14-4-3-10(9)15-21(19,20)7-1-2-11(16)8(5-7)12(17)18/h1-6,16H,(H,14,15)(H,17,18). The highest BCUT2D eigenvalue weighted by Gasteiger charge is 2.19. The second-order valence-corrected chi connectivity index (χ2v) is 6.03. The predicted molar refractivity (Wildman–Crippen MR) is 75.1 cm³/mol. The second-order valence-electron chi connectivity index (χ2n) is 3.95. The Hall–Kier alpha value is -2.32. The number of carboxylic acids is 1. The van der Waals surface area contributed by atoms with E-state index in [1.165, 1.54) is 18.5 Å². The molecule has 0 radical (unpaired) electrons. The molecule has 0 atom stereocenters. The van der Waals surface area contributed by atoms with Gasteiger partial charge in [0.1, 0.15) is 11.3 Å². The van der Waals surface area contributed by atoms with Crippen molar-refractivity contribution in [3.8, 4) is 5.75 Å². The molecule has 21 heavy (non-hydrogen) atoms. The van der Waals surface area contributed by atoms with Crippen LogP contribution in [0.1, 0.15) is 10.4 Å². The number of nitrogens with one attached hydrogen (secondary N) is 1. The van der Waals surface area contributed by atoms with Crippen LogP contribution in [0, 0.1) is 0 Å². The number of hydrogen-bond donors (Lipinski definition) is 3. The maximum absolute atomic E-state index is 12.2. The molecule has 1 aromatic heterocycles. The molecule has 0 bridgehead atoms. The number of rotatable bonds is 4. The Morgan fingerprint density at radius 2 is 2.00 bits per heavy atom. The van der Waals surface area contributed by atoms with Gasteiger partial charge < -0.3 is 10.2 Å². The van der Waals surface area contributed by atoms with Crippen molar-refractivity contribution in [1.29, 1.82) is 0 Å². The molecular weight excluding hydrogens is 320 g/mol. The van der Waals surface area contributed by atoms with E-state index in [9.17, 15) is 18.3 Å². The summed E-state index contributed by atoms with van der Waals surface area (Å²) in [5, 5.41) is 18.4. The third-order valence-corrected chi connectivity index (χ3v) is 4.19. The number of carboxylic acid groups (broad SMARTS) is 1. The monoisotopic (exact) mass is 328 g/mol. The van der Waals surface area contributed by atoms with Crippen molar-refractivity contribution in [3.63, 3.8) is 0 Å². The predicted octanol–water partition coefficient (Wildman–Crippen LogP) is 1.94. The number of benzene rings is 1. The highest BCUT2D eigenvalue weighted by atomic mass is 35.5. The van der Waals surface area contributed by atoms with Crippen molar-refractivity contribution in [2.45, 2.75) is 4.90 Å². The first-order valence-electron chi connectivity index (χ1n) is 5.50. The van der Waals surface area contributed by atoms with Crippen LogP contribution in [0.3, 0.4) is 0 Å². The molecule has 0 spiro atoms. The molecule has 110 valence electrons. The second kappa shape index (κ2) is 5.58. The molecule has 0 saturated carbocycles. The normalized spacial score (nSPS) is 11.1. The SMILES string of the molecule is O=C(O)c1cc(S(=O)(=O)Nc2ccncc2Cl)ccc1O. The fraction of sp³-hybridized carbons (Fsp3) is 0. The third kappa shape index (κ3) is 3.23. The van der Waals surface area contributed by atoms with Gasteiger partial charge in [0.05, 0.1) is 15.6 Å². The first kappa shape index (κ1) is 15.1. The van der Waals surface area contributed by atoms with Gasteiger partial charge in [-0.3, -0.25) is 9.71 Å². The zero-order chi connectivity index (χ0) is 15.6. The van der Waals surface area contributed by atoms with Gasteiger partial charge in [0.25, 0.3) is 10.0 Å². The number of aromatic carboxylic acids is 1. The minimum absolute atomic E-state index is 0.0957. The summed E-state index contributed by atoms with van der Waals surface area (Å²) < 4.78 is 26.6. The lowest BCUT2D eigenvalue weighted by atomic mass is 10.2. The molecule has 0 aliphatic heterocycles. The molecule has 0 saturated heterocycles. The number of carbonyl (C=O) groups is 1. The van der Waals surface area contributed by atoms with E-state index in [2.05, 4.69) is 9.71 Å². The van der Waals surface area contributed by atoms with Crippen LogP contribution in [0.25, 0.3) is 0 Å². The van der Waals surface area contributed by atoms with E-state index in [0.717, 1.165) is 18.2 Å². The Bertz CT molecular complexity index is 807. The number of phenols is 1. The zero-order valence-electron chi connectivity index (χ0n) is 10.3. The molecule has 3 N–H and O–H groups in total. The summed E-state index contributed by atoms with van der Waals surface area (Å²) in [5.74, 6) is -1.96. The number of sulfonamides is 1. The molecule has 2 rings (SSSR count). The quantitative estimate of drug-likeness (QED) is 0.789. The summed E-state index contributed by atoms with van der Waals surface area (Å²) in [6.07, 6.45) is 2.61. The summed E-state index contributed by atoms with van der Waals surface area (Å²) >= 11 is 5.80. The van der Waals surface area contributed by atoms with E-state index in [0.29, 0.717) is 0 Å². The number of anilines is 1. The molecule has 0 aliphatic carbocycles. The Labute approximate surface area is 124 Å². The van der Waals surface area contributed by atoms with Gasteiger partial charge in [0, 0.05) is 12.4 Å². The summed E-state index contributed by atoms with van der Waals surface area (Å²) in [6.45, 7) is 0. The largest absolute Gasteiger partial charge is 0.507 e. The van der Waals surface area contributed by atoms with Gasteiger partial charge in [-0.05, 0) is 24.3 Å². The number of aromatic nitrogens is 1. The third-order valence-electron chi connectivity index (χ3n) is 2.53. The van der Waals surface area contributed by atoms with Crippen molar-refractivity contribution in [3.05, 3.63) is 47.2 Å². The number of halogens is 1. The van der Waals surface area contributed by atoms with Gasteiger partial charge in [-0.25, -0.2) is 13.2 Å². The van der Waals surface area contributed by atoms with Crippen LogP contribution in [0.2, 0.25) is 5.02 Å². The highest BCUT2D eigenvalue weighted by Crippen LogP contribution is 2.25. The molecule has 0 aliphatic rings. The highest BCUT2D eigenvalue weighted by molar-refractivity contribution is 7.92. The smallest absolute Gasteiger partial charge is 0.339 e. The summed E-state index contributed by atoms with van der Waals surface area (Å²) in [4.78, 5) is 14.3. The van der Waals surface area contributed by atoms with E-state index in [-0.39, 0.29) is 15.6 Å². The number of hydrogen-bond acceptors (Lipinski definition) is 5. The molecule has 9 heteroatoms. The van der Waals surface area contributed by atoms with Crippen LogP contribution in [0.4, 0.5) is 5.69 Å². The van der Waals surface area contributed by atoms with Crippen LogP contribution >= 0.6 is 11.6 Å². The van der Waals surface area contributed by atoms with Gasteiger partial charge in [-0.1, -0.05) is 11.6 Å². The summed E-state index contributed by atoms with van der Waals surface area (Å²) in [6, 6.07) is 4.29. The van der Waals surface area contributed by atoms with Gasteiger partial charge in [0.15, 0.2) is 0 Å². The maximum Gasteiger partial charge on any atom is 0.339 e.